The van der Waals surface area contributed by atoms with Crippen LogP contribution >= 0.6 is 0 Å². The number of benzene rings is 4. The smallest absolute Gasteiger partial charge is 0.347 e. The summed E-state index contributed by atoms with van der Waals surface area (Å²) in [7, 11) is 0. The summed E-state index contributed by atoms with van der Waals surface area (Å²) in [5.41, 5.74) is 2.58. The number of carbonyl (C=O) groups is 2. The summed E-state index contributed by atoms with van der Waals surface area (Å²) in [6.07, 6.45) is 2.73. The first-order valence-electron chi connectivity index (χ1n) is 12.0. The molecule has 0 fully saturated rings. The molecule has 1 aromatic heterocycles. The number of hydrogen-bond donors (Lipinski definition) is 0. The van der Waals surface area contributed by atoms with E-state index in [0.717, 1.165) is 5.56 Å². The third-order valence-corrected chi connectivity index (χ3v) is 5.96. The van der Waals surface area contributed by atoms with Crippen molar-refractivity contribution in [3.8, 4) is 11.5 Å². The summed E-state index contributed by atoms with van der Waals surface area (Å²) in [6, 6.07) is 27.5. The van der Waals surface area contributed by atoms with Crippen LogP contribution in [0.1, 0.15) is 37.6 Å². The maximum Gasteiger partial charge on any atom is 0.347 e. The monoisotopic (exact) mass is 506 g/mol. The number of esters is 1. The second-order valence-electron chi connectivity index (χ2n) is 8.60. The predicted molar refractivity (Wildman–Crippen MR) is 143 cm³/mol. The van der Waals surface area contributed by atoms with E-state index in [2.05, 4.69) is 0 Å². The fourth-order valence-electron chi connectivity index (χ4n) is 4.00. The summed E-state index contributed by atoms with van der Waals surface area (Å²) in [5, 5.41) is 0.586. The highest BCUT2D eigenvalue weighted by atomic mass is 19.1. The lowest BCUT2D eigenvalue weighted by atomic mass is 10.1. The number of ketones is 1. The average Bonchev–Trinajstić information content (AvgIpc) is 3.27. The molecule has 5 nitrogen and oxygen atoms in total. The molecule has 1 heterocycles. The number of rotatable bonds is 8. The maximum absolute atomic E-state index is 13.8. The zero-order valence-corrected chi connectivity index (χ0v) is 20.5. The van der Waals surface area contributed by atoms with Gasteiger partial charge in [-0.1, -0.05) is 48.5 Å². The van der Waals surface area contributed by atoms with Crippen LogP contribution in [0.5, 0.6) is 11.5 Å². The van der Waals surface area contributed by atoms with Gasteiger partial charge in [0.25, 0.3) is 0 Å². The molecule has 0 atom stereocenters. The quantitative estimate of drug-likeness (QED) is 0.0940. The molecule has 0 N–H and O–H groups in total. The van der Waals surface area contributed by atoms with Gasteiger partial charge < -0.3 is 13.9 Å². The molecule has 5 rings (SSSR count). The first kappa shape index (κ1) is 24.7. The van der Waals surface area contributed by atoms with Gasteiger partial charge in [0, 0.05) is 16.5 Å². The minimum atomic E-state index is -0.583. The SMILES string of the molecule is Cc1oc2ccc(OCc3ccccc3)cc2c1C(=O)Oc1ccc(C(=O)/C=C/c2ccccc2F)cc1. The van der Waals surface area contributed by atoms with E-state index in [9.17, 15) is 14.0 Å². The second-order valence-corrected chi connectivity index (χ2v) is 8.60. The molecule has 4 aromatic carbocycles. The molecule has 5 aromatic rings. The van der Waals surface area contributed by atoms with Gasteiger partial charge in [-0.3, -0.25) is 4.79 Å². The summed E-state index contributed by atoms with van der Waals surface area (Å²) in [5.74, 6) is 0.00855. The molecule has 0 aliphatic carbocycles. The number of halogens is 1. The molecular weight excluding hydrogens is 483 g/mol. The lowest BCUT2D eigenvalue weighted by molar-refractivity contribution is 0.0734. The van der Waals surface area contributed by atoms with Gasteiger partial charge in [-0.15, -0.1) is 0 Å². The van der Waals surface area contributed by atoms with Crippen LogP contribution in [-0.2, 0) is 6.61 Å². The fourth-order valence-corrected chi connectivity index (χ4v) is 4.00. The molecule has 0 aliphatic rings. The predicted octanol–water partition coefficient (Wildman–Crippen LogP) is 7.57. The molecule has 38 heavy (non-hydrogen) atoms. The van der Waals surface area contributed by atoms with Gasteiger partial charge >= 0.3 is 5.97 Å². The number of allylic oxidation sites excluding steroid dienone is 1. The molecule has 0 amide bonds. The summed E-state index contributed by atoms with van der Waals surface area (Å²) in [4.78, 5) is 25.5. The molecule has 6 heteroatoms. The van der Waals surface area contributed by atoms with Crippen LogP contribution in [0.15, 0.2) is 108 Å². The van der Waals surface area contributed by atoms with Gasteiger partial charge in [-0.2, -0.15) is 0 Å². The van der Waals surface area contributed by atoms with Gasteiger partial charge in [0.15, 0.2) is 5.78 Å². The number of fused-ring (bicyclic) bond motifs is 1. The molecule has 0 saturated carbocycles. The van der Waals surface area contributed by atoms with Crippen molar-refractivity contribution in [3.63, 3.8) is 0 Å². The van der Waals surface area contributed by atoms with E-state index in [0.29, 0.717) is 45.8 Å². The molecular formula is C32H23FO5. The van der Waals surface area contributed by atoms with Crippen molar-refractivity contribution >= 4 is 28.8 Å². The van der Waals surface area contributed by atoms with Crippen LogP contribution in [-0.4, -0.2) is 11.8 Å². The van der Waals surface area contributed by atoms with E-state index in [1.54, 1.807) is 55.5 Å². The van der Waals surface area contributed by atoms with E-state index in [-0.39, 0.29) is 11.5 Å². The van der Waals surface area contributed by atoms with E-state index < -0.39 is 11.8 Å². The maximum atomic E-state index is 13.8. The van der Waals surface area contributed by atoms with Gasteiger partial charge in [-0.05, 0) is 73.2 Å². The molecule has 0 unspecified atom stereocenters. The van der Waals surface area contributed by atoms with Gasteiger partial charge in [0.05, 0.1) is 0 Å². The number of ether oxygens (including phenoxy) is 2. The Morgan fingerprint density at radius 1 is 0.868 bits per heavy atom. The average molecular weight is 507 g/mol. The Hall–Kier alpha value is -4.97. The lowest BCUT2D eigenvalue weighted by Crippen LogP contribution is -2.09. The minimum absolute atomic E-state index is 0.273. The van der Waals surface area contributed by atoms with Gasteiger partial charge in [0.1, 0.15) is 40.8 Å². The Labute approximate surface area is 218 Å². The number of carbonyl (C=O) groups excluding carboxylic acids is 2. The fraction of sp³-hybridized carbons (Fsp3) is 0.0625. The largest absolute Gasteiger partial charge is 0.489 e. The zero-order valence-electron chi connectivity index (χ0n) is 20.5. The minimum Gasteiger partial charge on any atom is -0.489 e. The summed E-state index contributed by atoms with van der Waals surface area (Å²) in [6.45, 7) is 2.09. The van der Waals surface area contributed by atoms with Crippen molar-refractivity contribution in [1.29, 1.82) is 0 Å². The van der Waals surface area contributed by atoms with Crippen molar-refractivity contribution in [3.05, 3.63) is 137 Å². The lowest BCUT2D eigenvalue weighted by Gasteiger charge is -2.07. The standard InChI is InChI=1S/C32H23FO5/c1-21-31(27-19-26(16-18-30(27)37-21)36-20-22-7-3-2-4-8-22)32(35)38-25-14-11-24(12-15-25)29(34)17-13-23-9-5-6-10-28(23)33/h2-19H,20H2,1H3/b17-13+. The highest BCUT2D eigenvalue weighted by molar-refractivity contribution is 6.07. The molecule has 188 valence electrons. The van der Waals surface area contributed by atoms with E-state index in [1.807, 2.05) is 30.3 Å². The van der Waals surface area contributed by atoms with Gasteiger partial charge in [0.2, 0.25) is 0 Å². The third-order valence-electron chi connectivity index (χ3n) is 5.96. The third kappa shape index (κ3) is 5.55. The first-order chi connectivity index (χ1) is 18.5. The molecule has 0 aliphatic heterocycles. The Morgan fingerprint density at radius 3 is 2.34 bits per heavy atom. The van der Waals surface area contributed by atoms with Crippen LogP contribution in [0, 0.1) is 12.7 Å². The molecule has 0 bridgehead atoms. The van der Waals surface area contributed by atoms with Crippen molar-refractivity contribution in [2.45, 2.75) is 13.5 Å². The van der Waals surface area contributed by atoms with Crippen LogP contribution in [0.3, 0.4) is 0 Å². The second kappa shape index (κ2) is 11.0. The normalized spacial score (nSPS) is 11.1. The molecule has 0 saturated heterocycles. The van der Waals surface area contributed by atoms with Crippen LogP contribution in [0.25, 0.3) is 17.0 Å². The Morgan fingerprint density at radius 2 is 1.58 bits per heavy atom. The number of hydrogen-bond acceptors (Lipinski definition) is 5. The van der Waals surface area contributed by atoms with Crippen LogP contribution in [0.4, 0.5) is 4.39 Å². The highest BCUT2D eigenvalue weighted by Crippen LogP contribution is 2.30. The zero-order chi connectivity index (χ0) is 26.5. The van der Waals surface area contributed by atoms with Crippen molar-refractivity contribution < 1.29 is 27.9 Å². The first-order valence-corrected chi connectivity index (χ1v) is 12.0. The highest BCUT2D eigenvalue weighted by Gasteiger charge is 2.21. The Bertz CT molecular complexity index is 1630. The summed E-state index contributed by atoms with van der Waals surface area (Å²) >= 11 is 0. The Balaban J connectivity index is 1.29. The number of furan rings is 1. The van der Waals surface area contributed by atoms with Crippen molar-refractivity contribution in [1.82, 2.24) is 0 Å². The van der Waals surface area contributed by atoms with E-state index in [4.69, 9.17) is 13.9 Å². The Kier molecular flexibility index (Phi) is 7.13. The van der Waals surface area contributed by atoms with Crippen LogP contribution < -0.4 is 9.47 Å². The topological polar surface area (TPSA) is 65.7 Å². The van der Waals surface area contributed by atoms with Crippen molar-refractivity contribution in [2.75, 3.05) is 0 Å². The summed E-state index contributed by atoms with van der Waals surface area (Å²) < 4.78 is 31.0. The van der Waals surface area contributed by atoms with Crippen molar-refractivity contribution in [2.24, 2.45) is 0 Å². The molecule has 0 spiro atoms. The van der Waals surface area contributed by atoms with Gasteiger partial charge in [-0.25, -0.2) is 9.18 Å². The number of aryl methyl sites for hydroxylation is 1. The van der Waals surface area contributed by atoms with Crippen LogP contribution in [0.2, 0.25) is 0 Å². The van der Waals surface area contributed by atoms with E-state index in [1.165, 1.54) is 30.4 Å². The van der Waals surface area contributed by atoms with E-state index >= 15 is 0 Å². The molecule has 0 radical (unpaired) electrons.